The average molecular weight is 504 g/mol. The van der Waals surface area contributed by atoms with Gasteiger partial charge < -0.3 is 24.8 Å². The van der Waals surface area contributed by atoms with Gasteiger partial charge in [-0.15, -0.1) is 12.8 Å². The van der Waals surface area contributed by atoms with Crippen molar-refractivity contribution in [3.8, 4) is 0 Å². The molecular formula is C24H25Cl2SiZr. The molecule has 4 heteroatoms. The van der Waals surface area contributed by atoms with Crippen LogP contribution in [0.4, 0.5) is 0 Å². The van der Waals surface area contributed by atoms with Gasteiger partial charge in [-0.3, -0.25) is 12.2 Å². The first-order valence-corrected chi connectivity index (χ1v) is 9.82. The van der Waals surface area contributed by atoms with Crippen LogP contribution in [0.1, 0.15) is 26.7 Å². The van der Waals surface area contributed by atoms with E-state index in [1.54, 1.807) is 0 Å². The van der Waals surface area contributed by atoms with Crippen LogP contribution in [0, 0.1) is 12.2 Å². The Labute approximate surface area is 204 Å². The van der Waals surface area contributed by atoms with Gasteiger partial charge in [0.05, 0.1) is 0 Å². The molecule has 1 radical (unpaired) electrons. The summed E-state index contributed by atoms with van der Waals surface area (Å²) < 4.78 is 0. The number of benzene rings is 2. The molecule has 0 nitrogen and oxygen atoms in total. The first-order chi connectivity index (χ1) is 12.2. The molecule has 0 spiro atoms. The Bertz CT molecular complexity index is 680. The zero-order valence-electron chi connectivity index (χ0n) is 16.3. The maximum Gasteiger partial charge on any atom is 4.00 e. The van der Waals surface area contributed by atoms with Crippen molar-refractivity contribution in [1.82, 2.24) is 0 Å². The van der Waals surface area contributed by atoms with Crippen molar-refractivity contribution in [1.29, 1.82) is 0 Å². The second-order valence-electron chi connectivity index (χ2n) is 5.90. The second kappa shape index (κ2) is 18.1. The standard InChI is InChI=1S/C12H11Si.2C6H7.2ClH.Zr/c1-3-7-11(8-4-1)13-12-9-5-2-6-10-12;2*1-6-4-2-3-5-6;;;/h1-10,13H;2*2,4H,3H2,1H3;2*1H;/q;2*-1;;;+4/p-2. The minimum absolute atomic E-state index is 0. The van der Waals surface area contributed by atoms with E-state index in [4.69, 9.17) is 0 Å². The van der Waals surface area contributed by atoms with Gasteiger partial charge in [0.15, 0.2) is 0 Å². The molecule has 0 N–H and O–H groups in total. The molecule has 0 aliphatic heterocycles. The molecule has 28 heavy (non-hydrogen) atoms. The van der Waals surface area contributed by atoms with Gasteiger partial charge in [-0.1, -0.05) is 84.9 Å². The molecule has 0 heterocycles. The fourth-order valence-corrected chi connectivity index (χ4v) is 3.53. The molecule has 0 atom stereocenters. The van der Waals surface area contributed by atoms with E-state index in [1.807, 2.05) is 0 Å². The van der Waals surface area contributed by atoms with Gasteiger partial charge in [0.1, 0.15) is 9.52 Å². The van der Waals surface area contributed by atoms with Crippen molar-refractivity contribution in [3.05, 3.63) is 108 Å². The molecule has 0 unspecified atom stereocenters. The Morgan fingerprint density at radius 1 is 0.643 bits per heavy atom. The van der Waals surface area contributed by atoms with Gasteiger partial charge in [0.2, 0.25) is 0 Å². The SMILES string of the molecule is CC1=[C-]CC=C1.CC1=[C-]CC=C1.[Cl-].[Cl-].[Zr+4].c1ccc([SiH]c2ccccc2)cc1. The molecule has 2 aliphatic carbocycles. The summed E-state index contributed by atoms with van der Waals surface area (Å²) in [6.07, 6.45) is 16.7. The summed E-state index contributed by atoms with van der Waals surface area (Å²) in [5, 5.41) is 2.90. The Morgan fingerprint density at radius 3 is 1.21 bits per heavy atom. The summed E-state index contributed by atoms with van der Waals surface area (Å²) in [5.41, 5.74) is 2.55. The van der Waals surface area contributed by atoms with E-state index in [-0.39, 0.29) is 60.5 Å². The van der Waals surface area contributed by atoms with E-state index in [2.05, 4.69) is 111 Å². The first-order valence-electron chi connectivity index (χ1n) is 8.67. The molecule has 0 aromatic heterocycles. The number of allylic oxidation sites excluding steroid dienone is 8. The Morgan fingerprint density at radius 2 is 1.00 bits per heavy atom. The van der Waals surface area contributed by atoms with Gasteiger partial charge in [-0.25, -0.2) is 23.3 Å². The van der Waals surface area contributed by atoms with E-state index in [1.165, 1.54) is 21.5 Å². The summed E-state index contributed by atoms with van der Waals surface area (Å²) >= 11 is 0. The molecule has 0 fully saturated rings. The van der Waals surface area contributed by atoms with E-state index in [9.17, 15) is 0 Å². The predicted molar refractivity (Wildman–Crippen MR) is 112 cm³/mol. The molecule has 4 rings (SSSR count). The van der Waals surface area contributed by atoms with Gasteiger partial charge in [-0.2, -0.15) is 12.2 Å². The maximum atomic E-state index is 3.12. The quantitative estimate of drug-likeness (QED) is 0.345. The van der Waals surface area contributed by atoms with Crippen LogP contribution in [0.15, 0.2) is 96.1 Å². The molecule has 0 bridgehead atoms. The summed E-state index contributed by atoms with van der Waals surface area (Å²) in [7, 11) is 0.271. The smallest absolute Gasteiger partial charge is 1.00 e. The number of hydrogen-bond acceptors (Lipinski definition) is 0. The van der Waals surface area contributed by atoms with Crippen LogP contribution in [-0.4, -0.2) is 9.52 Å². The molecular weight excluding hydrogens is 478 g/mol. The van der Waals surface area contributed by atoms with Crippen LogP contribution in [0.5, 0.6) is 0 Å². The molecule has 2 aromatic rings. The Hall–Kier alpha value is -0.920. The van der Waals surface area contributed by atoms with Crippen LogP contribution in [0.25, 0.3) is 0 Å². The van der Waals surface area contributed by atoms with Crippen LogP contribution in [0.3, 0.4) is 0 Å². The van der Waals surface area contributed by atoms with Crippen molar-refractivity contribution in [2.45, 2.75) is 26.7 Å². The largest absolute Gasteiger partial charge is 4.00 e. The number of halogens is 2. The molecule has 0 saturated carbocycles. The zero-order valence-corrected chi connectivity index (χ0v) is 21.5. The predicted octanol–water partition coefficient (Wildman–Crippen LogP) is -1.53. The van der Waals surface area contributed by atoms with Crippen molar-refractivity contribution >= 4 is 19.9 Å². The molecule has 2 aliphatic rings. The topological polar surface area (TPSA) is 0 Å². The van der Waals surface area contributed by atoms with Gasteiger partial charge in [-0.05, 0) is 0 Å². The van der Waals surface area contributed by atoms with Crippen LogP contribution >= 0.6 is 0 Å². The van der Waals surface area contributed by atoms with Gasteiger partial charge in [0, 0.05) is 0 Å². The van der Waals surface area contributed by atoms with Crippen LogP contribution < -0.4 is 35.2 Å². The zero-order chi connectivity index (χ0) is 17.7. The third-order valence-electron chi connectivity index (χ3n) is 3.67. The molecule has 0 saturated heterocycles. The van der Waals surface area contributed by atoms with E-state index >= 15 is 0 Å². The maximum absolute atomic E-state index is 3.12. The van der Waals surface area contributed by atoms with Gasteiger partial charge >= 0.3 is 26.2 Å². The number of hydrogen-bond donors (Lipinski definition) is 0. The summed E-state index contributed by atoms with van der Waals surface area (Å²) in [6.45, 7) is 4.12. The van der Waals surface area contributed by atoms with Crippen molar-refractivity contribution in [2.75, 3.05) is 0 Å². The third kappa shape index (κ3) is 13.3. The molecule has 2 aromatic carbocycles. The normalized spacial score (nSPS) is 12.5. The molecule has 0 amide bonds. The summed E-state index contributed by atoms with van der Waals surface area (Å²) in [6, 6.07) is 21.3. The van der Waals surface area contributed by atoms with Crippen molar-refractivity contribution in [2.24, 2.45) is 0 Å². The van der Waals surface area contributed by atoms with E-state index < -0.39 is 0 Å². The van der Waals surface area contributed by atoms with Crippen molar-refractivity contribution in [3.63, 3.8) is 0 Å². The third-order valence-corrected chi connectivity index (χ3v) is 5.10. The number of rotatable bonds is 2. The van der Waals surface area contributed by atoms with Crippen LogP contribution in [0.2, 0.25) is 0 Å². The Balaban J connectivity index is 0. The summed E-state index contributed by atoms with van der Waals surface area (Å²) in [4.78, 5) is 0. The monoisotopic (exact) mass is 501 g/mol. The van der Waals surface area contributed by atoms with Gasteiger partial charge in [0.25, 0.3) is 0 Å². The second-order valence-corrected chi connectivity index (χ2v) is 7.52. The minimum atomic E-state index is 0. The van der Waals surface area contributed by atoms with Crippen LogP contribution in [-0.2, 0) is 26.2 Å². The fraction of sp³-hybridized carbons (Fsp3) is 0.167. The fourth-order valence-electron chi connectivity index (χ4n) is 2.32. The first kappa shape index (κ1) is 29.3. The Kier molecular flexibility index (Phi) is 19.0. The molecule has 143 valence electrons. The van der Waals surface area contributed by atoms with E-state index in [0.717, 1.165) is 12.8 Å². The summed E-state index contributed by atoms with van der Waals surface area (Å²) in [5.74, 6) is 0. The minimum Gasteiger partial charge on any atom is -1.00 e. The average Bonchev–Trinajstić information content (AvgIpc) is 3.31. The van der Waals surface area contributed by atoms with E-state index in [0.29, 0.717) is 0 Å². The van der Waals surface area contributed by atoms with Crippen molar-refractivity contribution < 1.29 is 51.0 Å².